The number of aromatic nitrogens is 1. The summed E-state index contributed by atoms with van der Waals surface area (Å²) in [6.45, 7) is 1.73. The van der Waals surface area contributed by atoms with Crippen LogP contribution in [0.2, 0.25) is 0 Å². The Balaban J connectivity index is 1.37. The number of rotatable bonds is 6. The van der Waals surface area contributed by atoms with Crippen molar-refractivity contribution in [2.75, 3.05) is 19.6 Å². The van der Waals surface area contributed by atoms with Gasteiger partial charge in [0.2, 0.25) is 5.91 Å². The average molecular weight is 476 g/mol. The Morgan fingerprint density at radius 1 is 1.06 bits per heavy atom. The minimum Gasteiger partial charge on any atom is -0.368 e. The monoisotopic (exact) mass is 475 g/mol. The number of carbonyl (C=O) groups excluding carboxylic acids is 2. The summed E-state index contributed by atoms with van der Waals surface area (Å²) in [7, 11) is 0. The molecule has 1 aliphatic heterocycles. The lowest BCUT2D eigenvalue weighted by Gasteiger charge is -2.25. The van der Waals surface area contributed by atoms with Gasteiger partial charge in [-0.1, -0.05) is 36.4 Å². The van der Waals surface area contributed by atoms with Gasteiger partial charge in [0.1, 0.15) is 6.54 Å². The first-order chi connectivity index (χ1) is 16.7. The molecule has 0 saturated carbocycles. The van der Waals surface area contributed by atoms with E-state index in [1.165, 1.54) is 16.9 Å². The smallest absolute Gasteiger partial charge is 0.255 e. The first kappa shape index (κ1) is 22.7. The molecule has 0 N–H and O–H groups in total. The summed E-state index contributed by atoms with van der Waals surface area (Å²) in [6.07, 6.45) is 5.74. The number of nitrogens with zero attached hydrogens (tertiary/aromatic N) is 3. The largest absolute Gasteiger partial charge is 0.368 e. The molecule has 1 aromatic carbocycles. The van der Waals surface area contributed by atoms with Crippen LogP contribution in [-0.2, 0) is 35.5 Å². The van der Waals surface area contributed by atoms with Crippen LogP contribution in [0.3, 0.4) is 0 Å². The minimum absolute atomic E-state index is 0.0507. The van der Waals surface area contributed by atoms with Crippen molar-refractivity contribution in [2.45, 2.75) is 44.9 Å². The molecule has 5 rings (SSSR count). The van der Waals surface area contributed by atoms with E-state index in [-0.39, 0.29) is 24.5 Å². The first-order valence-electron chi connectivity index (χ1n) is 11.9. The van der Waals surface area contributed by atoms with Crippen molar-refractivity contribution in [3.05, 3.63) is 87.4 Å². The molecule has 1 atom stereocenters. The van der Waals surface area contributed by atoms with Crippen LogP contribution < -0.4 is 0 Å². The number of benzene rings is 1. The lowest BCUT2D eigenvalue weighted by Crippen LogP contribution is -2.40. The number of hydrogen-bond donors (Lipinski definition) is 0. The van der Waals surface area contributed by atoms with Crippen LogP contribution in [0.5, 0.6) is 0 Å². The van der Waals surface area contributed by atoms with Crippen LogP contribution in [0.15, 0.2) is 60.1 Å². The van der Waals surface area contributed by atoms with E-state index in [0.717, 1.165) is 36.1 Å². The SMILES string of the molecule is O=C1CN(C(=O)c2csc3c2CCCC3)CC(OCc2ccccn2)CN1Cc1ccccc1. The van der Waals surface area contributed by atoms with Crippen LogP contribution in [0.25, 0.3) is 0 Å². The van der Waals surface area contributed by atoms with E-state index in [9.17, 15) is 9.59 Å². The second-order valence-corrected chi connectivity index (χ2v) is 9.92. The van der Waals surface area contributed by atoms with Crippen LogP contribution in [0.4, 0.5) is 0 Å². The molecule has 7 heteroatoms. The van der Waals surface area contributed by atoms with Crippen LogP contribution in [0.1, 0.15) is 44.9 Å². The van der Waals surface area contributed by atoms with Gasteiger partial charge in [0.05, 0.1) is 24.0 Å². The standard InChI is InChI=1S/C27H29N3O3S/c31-26-17-30(27(32)24-19-34-25-12-5-4-11-23(24)25)16-22(33-18-21-10-6-7-13-28-21)15-29(26)14-20-8-2-1-3-9-20/h1-3,6-10,13,19,22H,4-5,11-12,14-18H2. The molecule has 1 saturated heterocycles. The lowest BCUT2D eigenvalue weighted by atomic mass is 9.95. The number of carbonyl (C=O) groups is 2. The van der Waals surface area contributed by atoms with Gasteiger partial charge in [-0.15, -0.1) is 11.3 Å². The normalized spacial score (nSPS) is 18.5. The molecule has 3 aromatic rings. The first-order valence-corrected chi connectivity index (χ1v) is 12.8. The van der Waals surface area contributed by atoms with Gasteiger partial charge in [0.15, 0.2) is 0 Å². The number of ether oxygens (including phenoxy) is 1. The molecule has 34 heavy (non-hydrogen) atoms. The van der Waals surface area contributed by atoms with Crippen molar-refractivity contribution in [3.8, 4) is 0 Å². The Morgan fingerprint density at radius 3 is 2.71 bits per heavy atom. The zero-order chi connectivity index (χ0) is 23.3. The number of fused-ring (bicyclic) bond motifs is 1. The second kappa shape index (κ2) is 10.5. The van der Waals surface area contributed by atoms with Crippen molar-refractivity contribution in [1.82, 2.24) is 14.8 Å². The van der Waals surface area contributed by atoms with Gasteiger partial charge >= 0.3 is 0 Å². The Labute approximate surface area is 204 Å². The fourth-order valence-corrected chi connectivity index (χ4v) is 5.85. The quantitative estimate of drug-likeness (QED) is 0.539. The number of thiophene rings is 1. The van der Waals surface area contributed by atoms with E-state index >= 15 is 0 Å². The van der Waals surface area contributed by atoms with Crippen molar-refractivity contribution in [2.24, 2.45) is 0 Å². The highest BCUT2D eigenvalue weighted by molar-refractivity contribution is 7.10. The van der Waals surface area contributed by atoms with Gasteiger partial charge in [0.25, 0.3) is 5.91 Å². The lowest BCUT2D eigenvalue weighted by molar-refractivity contribution is -0.132. The molecule has 6 nitrogen and oxygen atoms in total. The number of amides is 2. The van der Waals surface area contributed by atoms with Gasteiger partial charge in [-0.3, -0.25) is 14.6 Å². The third-order valence-electron chi connectivity index (χ3n) is 6.52. The molecule has 3 heterocycles. The Hall–Kier alpha value is -3.03. The topological polar surface area (TPSA) is 62.7 Å². The molecule has 0 spiro atoms. The van der Waals surface area contributed by atoms with Crippen molar-refractivity contribution >= 4 is 23.2 Å². The Bertz CT molecular complexity index is 1130. The zero-order valence-corrected chi connectivity index (χ0v) is 20.0. The van der Waals surface area contributed by atoms with Crippen LogP contribution in [-0.4, -0.2) is 52.3 Å². The van der Waals surface area contributed by atoms with E-state index in [1.54, 1.807) is 22.4 Å². The van der Waals surface area contributed by atoms with Crippen molar-refractivity contribution in [1.29, 1.82) is 0 Å². The molecular weight excluding hydrogens is 446 g/mol. The second-order valence-electron chi connectivity index (χ2n) is 8.96. The molecule has 176 valence electrons. The molecule has 2 aromatic heterocycles. The number of hydrogen-bond acceptors (Lipinski definition) is 5. The summed E-state index contributed by atoms with van der Waals surface area (Å²) in [5, 5.41) is 1.99. The van der Waals surface area contributed by atoms with E-state index in [4.69, 9.17) is 4.74 Å². The van der Waals surface area contributed by atoms with Gasteiger partial charge in [-0.05, 0) is 48.9 Å². The van der Waals surface area contributed by atoms with Gasteiger partial charge in [-0.2, -0.15) is 0 Å². The van der Waals surface area contributed by atoms with Crippen molar-refractivity contribution in [3.63, 3.8) is 0 Å². The predicted molar refractivity (Wildman–Crippen MR) is 132 cm³/mol. The molecular formula is C27H29N3O3S. The van der Waals surface area contributed by atoms with Gasteiger partial charge in [-0.25, -0.2) is 0 Å². The Kier molecular flexibility index (Phi) is 7.02. The summed E-state index contributed by atoms with van der Waals surface area (Å²) in [5.41, 5.74) is 3.85. The van der Waals surface area contributed by atoms with E-state index < -0.39 is 0 Å². The fourth-order valence-electron chi connectivity index (χ4n) is 4.73. The van der Waals surface area contributed by atoms with Crippen LogP contribution >= 0.6 is 11.3 Å². The molecule has 0 radical (unpaired) electrons. The highest BCUT2D eigenvalue weighted by atomic mass is 32.1. The minimum atomic E-state index is -0.296. The summed E-state index contributed by atoms with van der Waals surface area (Å²) >= 11 is 1.68. The molecule has 0 bridgehead atoms. The maximum absolute atomic E-state index is 13.6. The van der Waals surface area contributed by atoms with Crippen LogP contribution in [0, 0.1) is 0 Å². The predicted octanol–water partition coefficient (Wildman–Crippen LogP) is 4.09. The highest BCUT2D eigenvalue weighted by Gasteiger charge is 2.33. The fraction of sp³-hybridized carbons (Fsp3) is 0.370. The zero-order valence-electron chi connectivity index (χ0n) is 19.2. The molecule has 1 aliphatic carbocycles. The summed E-state index contributed by atoms with van der Waals surface area (Å²) in [6, 6.07) is 15.7. The van der Waals surface area contributed by atoms with E-state index in [2.05, 4.69) is 4.98 Å². The van der Waals surface area contributed by atoms with Gasteiger partial charge in [0, 0.05) is 36.1 Å². The summed E-state index contributed by atoms with van der Waals surface area (Å²) in [4.78, 5) is 36.1. The van der Waals surface area contributed by atoms with E-state index in [0.29, 0.717) is 26.2 Å². The summed E-state index contributed by atoms with van der Waals surface area (Å²) < 4.78 is 6.23. The number of aryl methyl sites for hydroxylation is 1. The third kappa shape index (κ3) is 5.21. The molecule has 1 unspecified atom stereocenters. The number of pyridine rings is 1. The maximum Gasteiger partial charge on any atom is 0.255 e. The molecule has 1 fully saturated rings. The average Bonchev–Trinajstić information content (AvgIpc) is 3.24. The molecule has 2 amide bonds. The summed E-state index contributed by atoms with van der Waals surface area (Å²) in [5.74, 6) is -0.106. The highest BCUT2D eigenvalue weighted by Crippen LogP contribution is 2.31. The third-order valence-corrected chi connectivity index (χ3v) is 7.60. The maximum atomic E-state index is 13.6. The van der Waals surface area contributed by atoms with Crippen molar-refractivity contribution < 1.29 is 14.3 Å². The molecule has 2 aliphatic rings. The Morgan fingerprint density at radius 2 is 1.88 bits per heavy atom. The van der Waals surface area contributed by atoms with E-state index in [1.807, 2.05) is 58.8 Å². The van der Waals surface area contributed by atoms with Gasteiger partial charge < -0.3 is 14.5 Å².